The fourth-order valence-corrected chi connectivity index (χ4v) is 1.41. The second-order valence-electron chi connectivity index (χ2n) is 5.32. The molecule has 0 spiro atoms. The Balaban J connectivity index is 3.86. The number of hydrogen-bond acceptors (Lipinski definition) is 2. The molecule has 0 saturated carbocycles. The summed E-state index contributed by atoms with van der Waals surface area (Å²) in [5, 5.41) is 0. The Morgan fingerprint density at radius 3 is 2.14 bits per heavy atom. The molecule has 0 aliphatic heterocycles. The number of likely N-dealkylation sites (N-methyl/N-ethyl adjacent to an activating group) is 1. The van der Waals surface area contributed by atoms with Crippen LogP contribution < -0.4 is 0 Å². The fourth-order valence-electron chi connectivity index (χ4n) is 1.41. The second kappa shape index (κ2) is 6.41. The minimum absolute atomic E-state index is 0.266. The molecule has 1 unspecified atom stereocenters. The van der Waals surface area contributed by atoms with Gasteiger partial charge in [-0.25, -0.2) is 0 Å². The van der Waals surface area contributed by atoms with E-state index in [1.165, 1.54) is 6.42 Å². The van der Waals surface area contributed by atoms with Crippen molar-refractivity contribution >= 4 is 0 Å². The average molecular weight is 201 g/mol. The van der Waals surface area contributed by atoms with E-state index < -0.39 is 0 Å². The Morgan fingerprint density at radius 1 is 1.21 bits per heavy atom. The molecular formula is C12H27NO. The van der Waals surface area contributed by atoms with E-state index in [0.29, 0.717) is 6.10 Å². The smallest absolute Gasteiger partial charge is 0.0623 e. The molecule has 0 heterocycles. The lowest BCUT2D eigenvalue weighted by Crippen LogP contribution is -2.31. The van der Waals surface area contributed by atoms with Crippen molar-refractivity contribution in [3.8, 4) is 0 Å². The summed E-state index contributed by atoms with van der Waals surface area (Å²) in [6.07, 6.45) is 2.76. The van der Waals surface area contributed by atoms with Gasteiger partial charge in [-0.05, 0) is 25.9 Å². The van der Waals surface area contributed by atoms with Crippen molar-refractivity contribution in [2.75, 3.05) is 27.2 Å². The van der Waals surface area contributed by atoms with Gasteiger partial charge in [0.1, 0.15) is 0 Å². The van der Waals surface area contributed by atoms with E-state index in [1.54, 1.807) is 0 Å². The van der Waals surface area contributed by atoms with Crippen LogP contribution in [0.1, 0.15) is 40.5 Å². The van der Waals surface area contributed by atoms with Crippen molar-refractivity contribution in [2.24, 2.45) is 5.41 Å². The molecule has 0 bridgehead atoms. The summed E-state index contributed by atoms with van der Waals surface area (Å²) in [4.78, 5) is 2.16. The van der Waals surface area contributed by atoms with E-state index in [2.05, 4.69) is 46.7 Å². The number of rotatable bonds is 6. The topological polar surface area (TPSA) is 12.5 Å². The van der Waals surface area contributed by atoms with Gasteiger partial charge in [0.15, 0.2) is 0 Å². The summed E-state index contributed by atoms with van der Waals surface area (Å²) in [7, 11) is 4.16. The van der Waals surface area contributed by atoms with Crippen molar-refractivity contribution in [1.29, 1.82) is 0 Å². The third-order valence-corrected chi connectivity index (χ3v) is 2.37. The lowest BCUT2D eigenvalue weighted by Gasteiger charge is -2.31. The zero-order valence-electron chi connectivity index (χ0n) is 10.8. The second-order valence-corrected chi connectivity index (χ2v) is 5.32. The molecule has 0 aromatic heterocycles. The molecule has 0 N–H and O–H groups in total. The Morgan fingerprint density at radius 2 is 1.79 bits per heavy atom. The van der Waals surface area contributed by atoms with Crippen LogP contribution in [0.5, 0.6) is 0 Å². The van der Waals surface area contributed by atoms with E-state index in [9.17, 15) is 0 Å². The number of hydrogen-bond donors (Lipinski definition) is 0. The van der Waals surface area contributed by atoms with Crippen LogP contribution in [0.2, 0.25) is 0 Å². The van der Waals surface area contributed by atoms with Crippen LogP contribution in [-0.2, 0) is 4.74 Å². The van der Waals surface area contributed by atoms with E-state index in [0.717, 1.165) is 19.6 Å². The van der Waals surface area contributed by atoms with Crippen LogP contribution in [-0.4, -0.2) is 38.3 Å². The highest BCUT2D eigenvalue weighted by Gasteiger charge is 2.24. The van der Waals surface area contributed by atoms with Gasteiger partial charge in [-0.1, -0.05) is 34.1 Å². The summed E-state index contributed by atoms with van der Waals surface area (Å²) in [6.45, 7) is 10.8. The average Bonchev–Trinajstić information content (AvgIpc) is 2.00. The monoisotopic (exact) mass is 201 g/mol. The van der Waals surface area contributed by atoms with Gasteiger partial charge < -0.3 is 9.64 Å². The van der Waals surface area contributed by atoms with Crippen molar-refractivity contribution < 1.29 is 4.74 Å². The zero-order chi connectivity index (χ0) is 11.2. The maximum atomic E-state index is 5.92. The third kappa shape index (κ3) is 6.39. The Bertz CT molecular complexity index is 138. The molecular weight excluding hydrogens is 174 g/mol. The maximum absolute atomic E-state index is 5.92. The van der Waals surface area contributed by atoms with Crippen molar-refractivity contribution in [2.45, 2.75) is 46.6 Å². The van der Waals surface area contributed by atoms with Crippen LogP contribution in [0.4, 0.5) is 0 Å². The molecule has 0 radical (unpaired) electrons. The van der Waals surface area contributed by atoms with Gasteiger partial charge in [-0.15, -0.1) is 0 Å². The fraction of sp³-hybridized carbons (Fsp3) is 1.00. The summed E-state index contributed by atoms with van der Waals surface area (Å²) in [5.74, 6) is 0. The minimum Gasteiger partial charge on any atom is -0.376 e. The van der Waals surface area contributed by atoms with Crippen LogP contribution in [0.3, 0.4) is 0 Å². The third-order valence-electron chi connectivity index (χ3n) is 2.37. The molecule has 0 amide bonds. The highest BCUT2D eigenvalue weighted by molar-refractivity contribution is 4.74. The first-order valence-corrected chi connectivity index (χ1v) is 5.64. The van der Waals surface area contributed by atoms with Gasteiger partial charge in [0.25, 0.3) is 0 Å². The molecule has 0 aliphatic rings. The number of ether oxygens (including phenoxy) is 1. The molecule has 2 nitrogen and oxygen atoms in total. The molecule has 14 heavy (non-hydrogen) atoms. The van der Waals surface area contributed by atoms with Crippen molar-refractivity contribution in [3.05, 3.63) is 0 Å². The van der Waals surface area contributed by atoms with Gasteiger partial charge >= 0.3 is 0 Å². The van der Waals surface area contributed by atoms with Crippen molar-refractivity contribution in [1.82, 2.24) is 4.90 Å². The van der Waals surface area contributed by atoms with Crippen molar-refractivity contribution in [3.63, 3.8) is 0 Å². The van der Waals surface area contributed by atoms with E-state index >= 15 is 0 Å². The Hall–Kier alpha value is -0.0800. The molecule has 0 aromatic rings. The predicted molar refractivity (Wildman–Crippen MR) is 62.7 cm³/mol. The van der Waals surface area contributed by atoms with Crippen LogP contribution >= 0.6 is 0 Å². The summed E-state index contributed by atoms with van der Waals surface area (Å²) in [5.41, 5.74) is 0.266. The number of nitrogens with zero attached hydrogens (tertiary/aromatic N) is 1. The summed E-state index contributed by atoms with van der Waals surface area (Å²) >= 11 is 0. The normalized spacial score (nSPS) is 14.8. The molecule has 86 valence electrons. The maximum Gasteiger partial charge on any atom is 0.0623 e. The Labute approximate surface area is 89.6 Å². The van der Waals surface area contributed by atoms with Gasteiger partial charge in [0.05, 0.1) is 12.7 Å². The Kier molecular flexibility index (Phi) is 6.38. The van der Waals surface area contributed by atoms with Crippen LogP contribution in [0.15, 0.2) is 0 Å². The van der Waals surface area contributed by atoms with E-state index in [4.69, 9.17) is 4.74 Å². The van der Waals surface area contributed by atoms with Gasteiger partial charge in [0, 0.05) is 6.54 Å². The van der Waals surface area contributed by atoms with Gasteiger partial charge in [-0.3, -0.25) is 0 Å². The van der Waals surface area contributed by atoms with Gasteiger partial charge in [-0.2, -0.15) is 0 Å². The first kappa shape index (κ1) is 13.9. The summed E-state index contributed by atoms with van der Waals surface area (Å²) in [6, 6.07) is 0. The largest absolute Gasteiger partial charge is 0.376 e. The minimum atomic E-state index is 0.266. The van der Waals surface area contributed by atoms with Crippen LogP contribution in [0.25, 0.3) is 0 Å². The molecule has 2 heteroatoms. The van der Waals surface area contributed by atoms with Gasteiger partial charge in [0.2, 0.25) is 0 Å². The summed E-state index contributed by atoms with van der Waals surface area (Å²) < 4.78 is 5.92. The zero-order valence-corrected chi connectivity index (χ0v) is 10.8. The SMILES string of the molecule is CCCC(OCCN(C)C)C(C)(C)C. The quantitative estimate of drug-likeness (QED) is 0.655. The highest BCUT2D eigenvalue weighted by Crippen LogP contribution is 2.25. The molecule has 0 rings (SSSR count). The molecule has 1 atom stereocenters. The lowest BCUT2D eigenvalue weighted by atomic mass is 9.86. The molecule has 0 fully saturated rings. The first-order valence-electron chi connectivity index (χ1n) is 5.64. The lowest BCUT2D eigenvalue weighted by molar-refractivity contribution is -0.0274. The predicted octanol–water partition coefficient (Wildman–Crippen LogP) is 2.78. The van der Waals surface area contributed by atoms with E-state index in [1.807, 2.05) is 0 Å². The molecule has 0 aromatic carbocycles. The molecule has 0 saturated heterocycles. The standard InChI is InChI=1S/C12H27NO/c1-7-8-11(12(2,3)4)14-10-9-13(5)6/h11H,7-10H2,1-6H3. The first-order chi connectivity index (χ1) is 6.38. The molecule has 0 aliphatic carbocycles. The van der Waals surface area contributed by atoms with E-state index in [-0.39, 0.29) is 5.41 Å². The highest BCUT2D eigenvalue weighted by atomic mass is 16.5. The van der Waals surface area contributed by atoms with Crippen LogP contribution in [0, 0.1) is 5.41 Å².